The van der Waals surface area contributed by atoms with Gasteiger partial charge in [-0.1, -0.05) is 59.6 Å². The Labute approximate surface area is 189 Å². The molecular weight excluding hydrogens is 426 g/mol. The van der Waals surface area contributed by atoms with E-state index in [1.54, 1.807) is 17.0 Å². The number of amides is 2. The van der Waals surface area contributed by atoms with Gasteiger partial charge in [0.2, 0.25) is 0 Å². The molecule has 1 aliphatic rings. The summed E-state index contributed by atoms with van der Waals surface area (Å²) in [5.74, 6) is 0. The van der Waals surface area contributed by atoms with Crippen molar-refractivity contribution in [2.75, 3.05) is 6.54 Å². The predicted molar refractivity (Wildman–Crippen MR) is 124 cm³/mol. The second-order valence-electron chi connectivity index (χ2n) is 8.00. The monoisotopic (exact) mass is 447 g/mol. The van der Waals surface area contributed by atoms with Crippen LogP contribution in [0, 0.1) is 6.92 Å². The maximum Gasteiger partial charge on any atom is 0.318 e. The van der Waals surface area contributed by atoms with Gasteiger partial charge in [0.1, 0.15) is 0 Å². The van der Waals surface area contributed by atoms with Gasteiger partial charge in [0, 0.05) is 35.3 Å². The highest BCUT2D eigenvalue weighted by Gasteiger charge is 2.25. The predicted octanol–water partition coefficient (Wildman–Crippen LogP) is 3.92. The van der Waals surface area contributed by atoms with E-state index < -0.39 is 0 Å². The SMILES string of the molecule is Cc1ccc(CNC(=O)N2CCc3c(nc4cc(-c5ccccc5Cl)[nH]n4c3=O)C2)cc1. The quantitative estimate of drug-likeness (QED) is 0.499. The van der Waals surface area contributed by atoms with Crippen molar-refractivity contribution in [2.24, 2.45) is 0 Å². The summed E-state index contributed by atoms with van der Waals surface area (Å²) in [5.41, 5.74) is 5.38. The number of nitrogens with one attached hydrogen (secondary N) is 2. The Kier molecular flexibility index (Phi) is 5.19. The van der Waals surface area contributed by atoms with Gasteiger partial charge in [-0.05, 0) is 25.0 Å². The zero-order valence-corrected chi connectivity index (χ0v) is 18.3. The number of aryl methyl sites for hydroxylation is 1. The zero-order chi connectivity index (χ0) is 22.2. The second-order valence-corrected chi connectivity index (χ2v) is 8.41. The van der Waals surface area contributed by atoms with Gasteiger partial charge in [0.25, 0.3) is 5.56 Å². The number of fused-ring (bicyclic) bond motifs is 2. The van der Waals surface area contributed by atoms with Crippen LogP contribution in [0.3, 0.4) is 0 Å². The number of benzene rings is 2. The van der Waals surface area contributed by atoms with Crippen LogP contribution >= 0.6 is 11.6 Å². The molecule has 1 aliphatic heterocycles. The molecule has 7 nitrogen and oxygen atoms in total. The molecule has 0 atom stereocenters. The summed E-state index contributed by atoms with van der Waals surface area (Å²) < 4.78 is 1.45. The number of hydrogen-bond acceptors (Lipinski definition) is 3. The number of aromatic nitrogens is 3. The molecule has 5 rings (SSSR count). The maximum absolute atomic E-state index is 13.1. The molecule has 0 fully saturated rings. The molecule has 162 valence electrons. The molecule has 0 unspecified atom stereocenters. The van der Waals surface area contributed by atoms with Crippen LogP contribution in [-0.4, -0.2) is 32.1 Å². The number of H-pyrrole nitrogens is 1. The zero-order valence-electron chi connectivity index (χ0n) is 17.6. The van der Waals surface area contributed by atoms with Gasteiger partial charge < -0.3 is 10.2 Å². The Morgan fingerprint density at radius 3 is 2.75 bits per heavy atom. The van der Waals surface area contributed by atoms with Gasteiger partial charge in [0.05, 0.1) is 17.9 Å². The molecule has 2 N–H and O–H groups in total. The third kappa shape index (κ3) is 3.76. The van der Waals surface area contributed by atoms with E-state index in [0.717, 1.165) is 16.8 Å². The molecule has 4 aromatic rings. The van der Waals surface area contributed by atoms with Crippen molar-refractivity contribution in [3.63, 3.8) is 0 Å². The first-order chi connectivity index (χ1) is 15.5. The van der Waals surface area contributed by atoms with Gasteiger partial charge in [0.15, 0.2) is 5.65 Å². The molecule has 8 heteroatoms. The Morgan fingerprint density at radius 2 is 1.97 bits per heavy atom. The number of halogens is 1. The van der Waals surface area contributed by atoms with Crippen molar-refractivity contribution in [1.29, 1.82) is 0 Å². The minimum Gasteiger partial charge on any atom is -0.334 e. The van der Waals surface area contributed by atoms with E-state index in [1.807, 2.05) is 49.4 Å². The van der Waals surface area contributed by atoms with Crippen molar-refractivity contribution in [3.8, 4) is 11.3 Å². The highest BCUT2D eigenvalue weighted by molar-refractivity contribution is 6.33. The van der Waals surface area contributed by atoms with Crippen molar-refractivity contribution < 1.29 is 4.79 Å². The van der Waals surface area contributed by atoms with Crippen LogP contribution in [0.5, 0.6) is 0 Å². The molecule has 32 heavy (non-hydrogen) atoms. The van der Waals surface area contributed by atoms with E-state index in [4.69, 9.17) is 11.6 Å². The minimum atomic E-state index is -0.163. The molecule has 0 radical (unpaired) electrons. The normalized spacial score (nSPS) is 13.2. The van der Waals surface area contributed by atoms with Crippen molar-refractivity contribution in [3.05, 3.63) is 92.4 Å². The first-order valence-corrected chi connectivity index (χ1v) is 10.8. The molecule has 2 aromatic heterocycles. The second kappa shape index (κ2) is 8.16. The third-order valence-corrected chi connectivity index (χ3v) is 6.11. The summed E-state index contributed by atoms with van der Waals surface area (Å²) in [7, 11) is 0. The minimum absolute atomic E-state index is 0.136. The lowest BCUT2D eigenvalue weighted by atomic mass is 10.1. The molecular formula is C24H22ClN5O2. The Balaban J connectivity index is 1.38. The lowest BCUT2D eigenvalue weighted by Crippen LogP contribution is -2.44. The van der Waals surface area contributed by atoms with E-state index in [-0.39, 0.29) is 11.6 Å². The number of hydrogen-bond donors (Lipinski definition) is 2. The van der Waals surface area contributed by atoms with E-state index in [0.29, 0.717) is 48.0 Å². The van der Waals surface area contributed by atoms with Crippen LogP contribution < -0.4 is 10.9 Å². The van der Waals surface area contributed by atoms with E-state index in [9.17, 15) is 9.59 Å². The number of urea groups is 1. The summed E-state index contributed by atoms with van der Waals surface area (Å²) in [6.07, 6.45) is 0.461. The Bertz CT molecular complexity index is 1370. The van der Waals surface area contributed by atoms with Crippen LogP contribution in [0.1, 0.15) is 22.4 Å². The molecule has 0 aliphatic carbocycles. The fourth-order valence-electron chi connectivity index (χ4n) is 3.98. The van der Waals surface area contributed by atoms with Crippen molar-refractivity contribution in [2.45, 2.75) is 26.4 Å². The number of carbonyl (C=O) groups excluding carboxylic acids is 1. The summed E-state index contributed by atoms with van der Waals surface area (Å²) in [6, 6.07) is 17.1. The van der Waals surface area contributed by atoms with Crippen LogP contribution in [0.25, 0.3) is 16.9 Å². The van der Waals surface area contributed by atoms with E-state index in [2.05, 4.69) is 15.4 Å². The topological polar surface area (TPSA) is 82.5 Å². The first kappa shape index (κ1) is 20.3. The van der Waals surface area contributed by atoms with Gasteiger partial charge >= 0.3 is 6.03 Å². The van der Waals surface area contributed by atoms with Crippen LogP contribution in [0.4, 0.5) is 4.79 Å². The molecule has 0 spiro atoms. The summed E-state index contributed by atoms with van der Waals surface area (Å²) in [5, 5.41) is 6.66. The average Bonchev–Trinajstić information content (AvgIpc) is 3.22. The molecule has 0 bridgehead atoms. The Hall–Kier alpha value is -3.58. The Morgan fingerprint density at radius 1 is 1.19 bits per heavy atom. The van der Waals surface area contributed by atoms with Crippen LogP contribution in [-0.2, 0) is 19.5 Å². The van der Waals surface area contributed by atoms with Crippen LogP contribution in [0.2, 0.25) is 5.02 Å². The molecule has 2 aromatic carbocycles. The largest absolute Gasteiger partial charge is 0.334 e. The lowest BCUT2D eigenvalue weighted by Gasteiger charge is -2.27. The van der Waals surface area contributed by atoms with Gasteiger partial charge in [-0.25, -0.2) is 14.3 Å². The highest BCUT2D eigenvalue weighted by Crippen LogP contribution is 2.27. The highest BCUT2D eigenvalue weighted by atomic mass is 35.5. The van der Waals surface area contributed by atoms with Gasteiger partial charge in [-0.2, -0.15) is 0 Å². The fourth-order valence-corrected chi connectivity index (χ4v) is 4.22. The van der Waals surface area contributed by atoms with Crippen LogP contribution in [0.15, 0.2) is 59.4 Å². The summed E-state index contributed by atoms with van der Waals surface area (Å²) in [6.45, 7) is 3.25. The molecule has 0 saturated heterocycles. The third-order valence-electron chi connectivity index (χ3n) is 5.78. The van der Waals surface area contributed by atoms with Crippen molar-refractivity contribution >= 4 is 23.3 Å². The summed E-state index contributed by atoms with van der Waals surface area (Å²) in [4.78, 5) is 32.1. The van der Waals surface area contributed by atoms with Gasteiger partial charge in [-0.3, -0.25) is 9.89 Å². The number of carbonyl (C=O) groups is 1. The summed E-state index contributed by atoms with van der Waals surface area (Å²) >= 11 is 6.31. The number of rotatable bonds is 3. The smallest absolute Gasteiger partial charge is 0.318 e. The number of aromatic amines is 1. The lowest BCUT2D eigenvalue weighted by molar-refractivity contribution is 0.190. The molecule has 2 amide bonds. The standard InChI is InChI=1S/C24H22ClN5O2/c1-15-6-8-16(9-7-15)13-26-24(32)29-11-10-18-21(14-29)27-22-12-20(28-30(22)23(18)31)17-4-2-3-5-19(17)25/h2-9,12,28H,10-11,13-14H2,1H3,(H,26,32). The fraction of sp³-hybridized carbons (Fsp3) is 0.208. The van der Waals surface area contributed by atoms with E-state index >= 15 is 0 Å². The molecule has 3 heterocycles. The van der Waals surface area contributed by atoms with E-state index in [1.165, 1.54) is 10.1 Å². The van der Waals surface area contributed by atoms with Crippen molar-refractivity contribution in [1.82, 2.24) is 24.8 Å². The number of nitrogens with zero attached hydrogens (tertiary/aromatic N) is 3. The first-order valence-electron chi connectivity index (χ1n) is 10.5. The average molecular weight is 448 g/mol. The van der Waals surface area contributed by atoms with Gasteiger partial charge in [-0.15, -0.1) is 0 Å². The molecule has 0 saturated carbocycles. The maximum atomic E-state index is 13.1.